The second-order valence-corrected chi connectivity index (χ2v) is 5.96. The molecule has 0 saturated heterocycles. The summed E-state index contributed by atoms with van der Waals surface area (Å²) in [6.45, 7) is 8.73. The van der Waals surface area contributed by atoms with Crippen molar-refractivity contribution in [2.45, 2.75) is 33.7 Å². The van der Waals surface area contributed by atoms with Crippen molar-refractivity contribution in [2.75, 3.05) is 11.1 Å². The molecule has 2 rings (SSSR count). The second kappa shape index (κ2) is 5.13. The van der Waals surface area contributed by atoms with Crippen molar-refractivity contribution in [2.24, 2.45) is 10.9 Å². The van der Waals surface area contributed by atoms with Gasteiger partial charge in [0, 0.05) is 11.4 Å². The van der Waals surface area contributed by atoms with Gasteiger partial charge in [-0.2, -0.15) is 0 Å². The Hall–Kier alpha value is -0.960. The number of thioether (sulfide) groups is 1. The first-order chi connectivity index (χ1) is 8.08. The second-order valence-electron chi connectivity index (χ2n) is 4.95. The minimum absolute atomic E-state index is 0.465. The van der Waals surface area contributed by atoms with Crippen molar-refractivity contribution < 1.29 is 0 Å². The maximum absolute atomic E-state index is 4.73. The van der Waals surface area contributed by atoms with Gasteiger partial charge in [0.1, 0.15) is 0 Å². The molecule has 0 spiro atoms. The van der Waals surface area contributed by atoms with E-state index in [0.717, 1.165) is 10.9 Å². The average Bonchev–Trinajstić information content (AvgIpc) is 2.72. The van der Waals surface area contributed by atoms with Crippen LogP contribution in [0.15, 0.2) is 23.2 Å². The van der Waals surface area contributed by atoms with Crippen molar-refractivity contribution in [1.29, 1.82) is 0 Å². The number of benzene rings is 1. The van der Waals surface area contributed by atoms with Crippen molar-refractivity contribution in [3.63, 3.8) is 0 Å². The van der Waals surface area contributed by atoms with Crippen LogP contribution in [-0.4, -0.2) is 17.0 Å². The molecule has 92 valence electrons. The lowest BCUT2D eigenvalue weighted by Gasteiger charge is -2.11. The molecule has 1 aliphatic heterocycles. The number of amidine groups is 1. The Balaban J connectivity index is 2.15. The van der Waals surface area contributed by atoms with Gasteiger partial charge in [-0.15, -0.1) is 0 Å². The van der Waals surface area contributed by atoms with E-state index in [1.165, 1.54) is 16.8 Å². The van der Waals surface area contributed by atoms with Gasteiger partial charge < -0.3 is 5.32 Å². The Bertz CT molecular complexity index is 418. The summed E-state index contributed by atoms with van der Waals surface area (Å²) in [7, 11) is 0. The van der Waals surface area contributed by atoms with Crippen LogP contribution in [-0.2, 0) is 0 Å². The third kappa shape index (κ3) is 2.83. The van der Waals surface area contributed by atoms with E-state index in [2.05, 4.69) is 51.2 Å². The van der Waals surface area contributed by atoms with Gasteiger partial charge in [0.25, 0.3) is 0 Å². The Morgan fingerprint density at radius 3 is 2.47 bits per heavy atom. The van der Waals surface area contributed by atoms with Gasteiger partial charge in [0.05, 0.1) is 6.04 Å². The van der Waals surface area contributed by atoms with Crippen LogP contribution in [0.5, 0.6) is 0 Å². The molecule has 3 heteroatoms. The number of aryl methyl sites for hydroxylation is 2. The van der Waals surface area contributed by atoms with Crippen molar-refractivity contribution >= 4 is 22.6 Å². The fourth-order valence-electron chi connectivity index (χ4n) is 1.92. The molecule has 0 fully saturated rings. The van der Waals surface area contributed by atoms with Gasteiger partial charge in [0.2, 0.25) is 0 Å². The molecule has 1 atom stereocenters. The smallest absolute Gasteiger partial charge is 0.161 e. The van der Waals surface area contributed by atoms with Gasteiger partial charge in [0.15, 0.2) is 5.17 Å². The average molecular weight is 248 g/mol. The highest BCUT2D eigenvalue weighted by atomic mass is 32.2. The lowest BCUT2D eigenvalue weighted by molar-refractivity contribution is 0.543. The third-order valence-electron chi connectivity index (χ3n) is 3.16. The number of rotatable bonds is 2. The van der Waals surface area contributed by atoms with Gasteiger partial charge in [-0.1, -0.05) is 43.8 Å². The van der Waals surface area contributed by atoms with Gasteiger partial charge >= 0.3 is 0 Å². The summed E-state index contributed by atoms with van der Waals surface area (Å²) in [5.74, 6) is 1.73. The third-order valence-corrected chi connectivity index (χ3v) is 4.15. The normalized spacial score (nSPS) is 19.6. The van der Waals surface area contributed by atoms with Crippen LogP contribution in [0.4, 0.5) is 5.69 Å². The van der Waals surface area contributed by atoms with E-state index in [9.17, 15) is 0 Å². The fraction of sp³-hybridized carbons (Fsp3) is 0.500. The molecule has 1 N–H and O–H groups in total. The molecule has 1 unspecified atom stereocenters. The zero-order chi connectivity index (χ0) is 12.4. The van der Waals surface area contributed by atoms with E-state index in [-0.39, 0.29) is 0 Å². The number of hydrogen-bond acceptors (Lipinski definition) is 3. The predicted octanol–water partition coefficient (Wildman–Crippen LogP) is 3.84. The van der Waals surface area contributed by atoms with Gasteiger partial charge in [-0.3, -0.25) is 4.99 Å². The molecule has 0 amide bonds. The minimum atomic E-state index is 0.465. The maximum atomic E-state index is 4.73. The van der Waals surface area contributed by atoms with E-state index in [0.29, 0.717) is 12.0 Å². The van der Waals surface area contributed by atoms with Gasteiger partial charge in [-0.25, -0.2) is 0 Å². The monoisotopic (exact) mass is 248 g/mol. The molecule has 0 aromatic heterocycles. The minimum Gasteiger partial charge on any atom is -0.335 e. The number of nitrogens with zero attached hydrogens (tertiary/aromatic N) is 1. The van der Waals surface area contributed by atoms with Crippen LogP contribution >= 0.6 is 11.8 Å². The molecule has 1 aliphatic rings. The first kappa shape index (κ1) is 12.5. The van der Waals surface area contributed by atoms with Crippen LogP contribution in [0.1, 0.15) is 25.0 Å². The molecule has 17 heavy (non-hydrogen) atoms. The maximum Gasteiger partial charge on any atom is 0.161 e. The first-order valence-corrected chi connectivity index (χ1v) is 7.10. The van der Waals surface area contributed by atoms with Crippen molar-refractivity contribution in [3.05, 3.63) is 29.3 Å². The topological polar surface area (TPSA) is 24.4 Å². The van der Waals surface area contributed by atoms with Crippen LogP contribution in [0.2, 0.25) is 0 Å². The summed E-state index contributed by atoms with van der Waals surface area (Å²) in [5.41, 5.74) is 3.77. The molecule has 0 bridgehead atoms. The summed E-state index contributed by atoms with van der Waals surface area (Å²) in [5, 5.41) is 4.55. The number of aliphatic imine (C=N–C) groups is 1. The van der Waals surface area contributed by atoms with Crippen LogP contribution in [0.25, 0.3) is 0 Å². The first-order valence-electron chi connectivity index (χ1n) is 6.11. The largest absolute Gasteiger partial charge is 0.335 e. The predicted molar refractivity (Wildman–Crippen MR) is 78.1 cm³/mol. The number of para-hydroxylation sites is 1. The molecule has 0 saturated carbocycles. The van der Waals surface area contributed by atoms with Crippen LogP contribution in [0.3, 0.4) is 0 Å². The van der Waals surface area contributed by atoms with E-state index in [1.54, 1.807) is 0 Å². The summed E-state index contributed by atoms with van der Waals surface area (Å²) in [6, 6.07) is 6.83. The molecule has 0 radical (unpaired) electrons. The number of nitrogens with one attached hydrogen (secondary N) is 1. The fourth-order valence-corrected chi connectivity index (χ4v) is 3.09. The molecule has 2 nitrogen and oxygen atoms in total. The summed E-state index contributed by atoms with van der Waals surface area (Å²) in [6.07, 6.45) is 0. The van der Waals surface area contributed by atoms with Crippen molar-refractivity contribution in [3.8, 4) is 0 Å². The summed E-state index contributed by atoms with van der Waals surface area (Å²) < 4.78 is 0. The van der Waals surface area contributed by atoms with Crippen LogP contribution in [0, 0.1) is 19.8 Å². The highest BCUT2D eigenvalue weighted by Gasteiger charge is 2.21. The van der Waals surface area contributed by atoms with E-state index in [1.807, 2.05) is 11.8 Å². The Kier molecular flexibility index (Phi) is 3.77. The molecule has 1 aromatic carbocycles. The Morgan fingerprint density at radius 1 is 1.29 bits per heavy atom. The lowest BCUT2D eigenvalue weighted by Crippen LogP contribution is -2.12. The molecular formula is C14H20N2S. The Labute approximate surface area is 108 Å². The van der Waals surface area contributed by atoms with Crippen molar-refractivity contribution in [1.82, 2.24) is 0 Å². The highest BCUT2D eigenvalue weighted by molar-refractivity contribution is 8.14. The quantitative estimate of drug-likeness (QED) is 0.860. The zero-order valence-electron chi connectivity index (χ0n) is 10.9. The Morgan fingerprint density at radius 2 is 1.94 bits per heavy atom. The summed E-state index contributed by atoms with van der Waals surface area (Å²) >= 11 is 1.83. The number of hydrogen-bond donors (Lipinski definition) is 1. The van der Waals surface area contributed by atoms with E-state index >= 15 is 0 Å². The lowest BCUT2D eigenvalue weighted by atomic mass is 10.1. The molecular weight excluding hydrogens is 228 g/mol. The number of anilines is 1. The molecule has 1 heterocycles. The zero-order valence-corrected chi connectivity index (χ0v) is 11.8. The molecule has 0 aliphatic carbocycles. The van der Waals surface area contributed by atoms with Gasteiger partial charge in [-0.05, 0) is 30.9 Å². The van der Waals surface area contributed by atoms with Crippen LogP contribution < -0.4 is 5.32 Å². The summed E-state index contributed by atoms with van der Waals surface area (Å²) in [4.78, 5) is 4.73. The van der Waals surface area contributed by atoms with E-state index in [4.69, 9.17) is 4.99 Å². The molecule has 1 aromatic rings. The van der Waals surface area contributed by atoms with E-state index < -0.39 is 0 Å². The highest BCUT2D eigenvalue weighted by Crippen LogP contribution is 2.27. The standard InChI is InChI=1S/C14H20N2S/c1-9(2)12-8-17-14(15-12)16-13-10(3)6-5-7-11(13)4/h5-7,9,12H,8H2,1-4H3,(H,15,16). The SMILES string of the molecule is Cc1cccc(C)c1NC1=NC(C(C)C)CS1.